The van der Waals surface area contributed by atoms with Crippen LogP contribution in [0.15, 0.2) is 71.3 Å². The third-order valence-electron chi connectivity index (χ3n) is 3.71. The minimum absolute atomic E-state index is 0.106. The Kier molecular flexibility index (Phi) is 4.82. The van der Waals surface area contributed by atoms with Gasteiger partial charge in [0.25, 0.3) is 0 Å². The van der Waals surface area contributed by atoms with Crippen molar-refractivity contribution < 1.29 is 9.90 Å². The quantitative estimate of drug-likeness (QED) is 0.637. The number of rotatable bonds is 4. The Balaban J connectivity index is 2.04. The van der Waals surface area contributed by atoms with Crippen molar-refractivity contribution in [2.45, 2.75) is 0 Å². The van der Waals surface area contributed by atoms with Crippen LogP contribution >= 0.6 is 15.9 Å². The molecule has 0 aliphatic heterocycles. The van der Waals surface area contributed by atoms with Gasteiger partial charge in [-0.3, -0.25) is 0 Å². The second-order valence-electron chi connectivity index (χ2n) is 5.32. The average molecular weight is 392 g/mol. The highest BCUT2D eigenvalue weighted by molar-refractivity contribution is 9.10. The van der Waals surface area contributed by atoms with Crippen LogP contribution in [0.2, 0.25) is 0 Å². The summed E-state index contributed by atoms with van der Waals surface area (Å²) in [4.78, 5) is 11.1. The van der Waals surface area contributed by atoms with Gasteiger partial charge in [0.1, 0.15) is 0 Å². The fourth-order valence-corrected chi connectivity index (χ4v) is 2.75. The fourth-order valence-electron chi connectivity index (χ4n) is 2.49. The van der Waals surface area contributed by atoms with Crippen LogP contribution < -0.4 is 5.11 Å². The van der Waals surface area contributed by atoms with Crippen molar-refractivity contribution in [3.8, 4) is 11.8 Å². The highest BCUT2D eigenvalue weighted by Crippen LogP contribution is 2.22. The van der Waals surface area contributed by atoms with E-state index in [1.165, 1.54) is 6.07 Å². The number of carboxylic acid groups (broad SMARTS) is 1. The number of carboxylic acids is 1. The molecule has 0 aliphatic rings. The predicted octanol–water partition coefficient (Wildman–Crippen LogP) is 3.67. The van der Waals surface area contributed by atoms with Gasteiger partial charge in [0.2, 0.25) is 0 Å². The number of hydrogen-bond acceptors (Lipinski definition) is 3. The number of carbonyl (C=O) groups is 1. The Bertz CT molecular complexity index is 995. The number of benzene rings is 2. The van der Waals surface area contributed by atoms with Crippen molar-refractivity contribution in [1.82, 2.24) is 4.57 Å². The van der Waals surface area contributed by atoms with Gasteiger partial charge in [-0.25, -0.2) is 0 Å². The second kappa shape index (κ2) is 7.20. The lowest BCUT2D eigenvalue weighted by molar-refractivity contribution is -0.255. The molecular weight excluding hydrogens is 380 g/mol. The minimum atomic E-state index is -1.22. The van der Waals surface area contributed by atoms with E-state index in [9.17, 15) is 15.2 Å². The third kappa shape index (κ3) is 3.70. The van der Waals surface area contributed by atoms with Gasteiger partial charge in [-0.2, -0.15) is 5.26 Å². The van der Waals surface area contributed by atoms with Crippen molar-refractivity contribution in [3.63, 3.8) is 0 Å². The first-order valence-electron chi connectivity index (χ1n) is 7.45. The molecule has 0 unspecified atom stereocenters. The van der Waals surface area contributed by atoms with Crippen molar-refractivity contribution in [2.24, 2.45) is 0 Å². The molecule has 1 aromatic heterocycles. The minimum Gasteiger partial charge on any atom is -0.545 e. The molecule has 25 heavy (non-hydrogen) atoms. The average Bonchev–Trinajstić information content (AvgIpc) is 3.09. The molecule has 0 aliphatic carbocycles. The zero-order valence-electron chi connectivity index (χ0n) is 13.0. The summed E-state index contributed by atoms with van der Waals surface area (Å²) in [5.41, 5.74) is 2.89. The number of nitriles is 1. The number of nitrogens with zero attached hydrogens (tertiary/aromatic N) is 2. The maximum Gasteiger partial charge on any atom is 0.0998 e. The van der Waals surface area contributed by atoms with Crippen LogP contribution in [0, 0.1) is 11.3 Å². The Hall–Kier alpha value is -3.10. The van der Waals surface area contributed by atoms with Crippen molar-refractivity contribution in [1.29, 1.82) is 5.26 Å². The zero-order valence-corrected chi connectivity index (χ0v) is 14.6. The number of halogens is 1. The molecule has 122 valence electrons. The molecular formula is C20H12BrN2O2-. The van der Waals surface area contributed by atoms with Crippen LogP contribution in [-0.4, -0.2) is 10.5 Å². The maximum absolute atomic E-state index is 11.1. The molecule has 0 fully saturated rings. The lowest BCUT2D eigenvalue weighted by Gasteiger charge is -2.10. The van der Waals surface area contributed by atoms with E-state index in [-0.39, 0.29) is 5.56 Å². The standard InChI is InChI=1S/C20H13BrN2O2/c21-17-8-6-14(7-9-17)16(13-22)12-19-5-2-10-23(19)18-4-1-3-15(11-18)20(24)25/h1-12H,(H,24,25)/p-1/b16-12-. The number of aromatic nitrogens is 1. The molecule has 5 heteroatoms. The molecule has 1 heterocycles. The Morgan fingerprint density at radius 2 is 1.84 bits per heavy atom. The van der Waals surface area contributed by atoms with Gasteiger partial charge in [0.15, 0.2) is 0 Å². The van der Waals surface area contributed by atoms with E-state index in [0.717, 1.165) is 15.7 Å². The van der Waals surface area contributed by atoms with Crippen molar-refractivity contribution in [2.75, 3.05) is 0 Å². The molecule has 3 aromatic rings. The number of hydrogen-bond donors (Lipinski definition) is 0. The van der Waals surface area contributed by atoms with E-state index >= 15 is 0 Å². The van der Waals surface area contributed by atoms with Gasteiger partial charge in [-0.05, 0) is 53.6 Å². The van der Waals surface area contributed by atoms with E-state index in [1.807, 2.05) is 47.2 Å². The molecule has 0 saturated heterocycles. The lowest BCUT2D eigenvalue weighted by Crippen LogP contribution is -2.22. The van der Waals surface area contributed by atoms with E-state index in [2.05, 4.69) is 22.0 Å². The molecule has 4 nitrogen and oxygen atoms in total. The molecule has 0 N–H and O–H groups in total. The third-order valence-corrected chi connectivity index (χ3v) is 4.24. The number of carbonyl (C=O) groups excluding carboxylic acids is 1. The molecule has 0 amide bonds. The van der Waals surface area contributed by atoms with Crippen LogP contribution in [0.1, 0.15) is 21.6 Å². The van der Waals surface area contributed by atoms with Crippen molar-refractivity contribution >= 4 is 33.5 Å². The Labute approximate surface area is 153 Å². The van der Waals surface area contributed by atoms with Gasteiger partial charge in [0.05, 0.1) is 17.6 Å². The summed E-state index contributed by atoms with van der Waals surface area (Å²) in [6.07, 6.45) is 3.59. The summed E-state index contributed by atoms with van der Waals surface area (Å²) < 4.78 is 2.76. The van der Waals surface area contributed by atoms with Crippen LogP contribution in [0.3, 0.4) is 0 Å². The highest BCUT2D eigenvalue weighted by atomic mass is 79.9. The molecule has 2 aromatic carbocycles. The summed E-state index contributed by atoms with van der Waals surface area (Å²) in [5, 5.41) is 20.6. The zero-order chi connectivity index (χ0) is 17.8. The molecule has 3 rings (SSSR count). The smallest absolute Gasteiger partial charge is 0.0998 e. The largest absolute Gasteiger partial charge is 0.545 e. The molecule has 0 bridgehead atoms. The van der Waals surface area contributed by atoms with E-state index < -0.39 is 5.97 Å². The summed E-state index contributed by atoms with van der Waals surface area (Å²) in [6, 6.07) is 19.9. The SMILES string of the molecule is N#C/C(=C/c1cccn1-c1cccc(C(=O)[O-])c1)c1ccc(Br)cc1. The number of allylic oxidation sites excluding steroid dienone is 1. The summed E-state index contributed by atoms with van der Waals surface area (Å²) in [5.74, 6) is -1.22. The number of aromatic carboxylic acids is 1. The molecule has 0 saturated carbocycles. The van der Waals surface area contributed by atoms with E-state index in [4.69, 9.17) is 0 Å². The first-order chi connectivity index (χ1) is 12.1. The Morgan fingerprint density at radius 1 is 1.08 bits per heavy atom. The van der Waals surface area contributed by atoms with E-state index in [1.54, 1.807) is 24.3 Å². The van der Waals surface area contributed by atoms with Crippen LogP contribution in [0.25, 0.3) is 17.3 Å². The molecule has 0 atom stereocenters. The highest BCUT2D eigenvalue weighted by Gasteiger charge is 2.06. The van der Waals surface area contributed by atoms with Crippen LogP contribution in [-0.2, 0) is 0 Å². The van der Waals surface area contributed by atoms with Gasteiger partial charge < -0.3 is 14.5 Å². The van der Waals surface area contributed by atoms with Crippen molar-refractivity contribution in [3.05, 3.63) is 88.2 Å². The monoisotopic (exact) mass is 391 g/mol. The first kappa shape index (κ1) is 16.7. The van der Waals surface area contributed by atoms with E-state index in [0.29, 0.717) is 11.3 Å². The van der Waals surface area contributed by atoms with Gasteiger partial charge in [-0.15, -0.1) is 0 Å². The fraction of sp³-hybridized carbons (Fsp3) is 0. The van der Waals surface area contributed by atoms with Crippen LogP contribution in [0.5, 0.6) is 0 Å². The van der Waals surface area contributed by atoms with Gasteiger partial charge in [0, 0.05) is 22.1 Å². The summed E-state index contributed by atoms with van der Waals surface area (Å²) in [6.45, 7) is 0. The summed E-state index contributed by atoms with van der Waals surface area (Å²) in [7, 11) is 0. The first-order valence-corrected chi connectivity index (χ1v) is 8.24. The molecule has 0 radical (unpaired) electrons. The molecule has 0 spiro atoms. The van der Waals surface area contributed by atoms with Crippen LogP contribution in [0.4, 0.5) is 0 Å². The van der Waals surface area contributed by atoms with Gasteiger partial charge in [-0.1, -0.05) is 40.2 Å². The second-order valence-corrected chi connectivity index (χ2v) is 6.23. The topological polar surface area (TPSA) is 68.8 Å². The lowest BCUT2D eigenvalue weighted by atomic mass is 10.1. The predicted molar refractivity (Wildman–Crippen MR) is 97.7 cm³/mol. The summed E-state index contributed by atoms with van der Waals surface area (Å²) >= 11 is 3.38. The van der Waals surface area contributed by atoms with Gasteiger partial charge >= 0.3 is 0 Å². The normalized spacial score (nSPS) is 11.1. The maximum atomic E-state index is 11.1. The Morgan fingerprint density at radius 3 is 2.52 bits per heavy atom.